The Labute approximate surface area is 174 Å². The van der Waals surface area contributed by atoms with Gasteiger partial charge in [-0.2, -0.15) is 0 Å². The maximum absolute atomic E-state index is 12.2. The van der Waals surface area contributed by atoms with Crippen LogP contribution in [0.4, 0.5) is 11.4 Å². The van der Waals surface area contributed by atoms with Gasteiger partial charge in [-0.15, -0.1) is 0 Å². The molecule has 0 atom stereocenters. The van der Waals surface area contributed by atoms with Crippen LogP contribution in [0.5, 0.6) is 5.75 Å². The lowest BCUT2D eigenvalue weighted by Gasteiger charge is -2.11. The van der Waals surface area contributed by atoms with E-state index in [-0.39, 0.29) is 18.4 Å². The molecular weight excluding hydrogens is 388 g/mol. The number of amides is 2. The zero-order valence-electron chi connectivity index (χ0n) is 15.9. The van der Waals surface area contributed by atoms with E-state index in [1.165, 1.54) is 5.56 Å². The molecule has 0 saturated carbocycles. The first-order valence-electron chi connectivity index (χ1n) is 9.22. The molecule has 0 saturated heterocycles. The van der Waals surface area contributed by atoms with E-state index < -0.39 is 0 Å². The number of aryl methyl sites for hydroxylation is 1. The number of carbonyl (C=O) groups is 2. The van der Waals surface area contributed by atoms with E-state index >= 15 is 0 Å². The summed E-state index contributed by atoms with van der Waals surface area (Å²) in [5.41, 5.74) is 2.72. The average molecular weight is 409 g/mol. The second-order valence-corrected chi connectivity index (χ2v) is 6.76. The lowest BCUT2D eigenvalue weighted by molar-refractivity contribution is -0.118. The number of carbonyl (C=O) groups excluding carboxylic acids is 2. The largest absolute Gasteiger partial charge is 0.484 e. The van der Waals surface area contributed by atoms with Gasteiger partial charge in [-0.25, -0.2) is 0 Å². The third kappa shape index (κ3) is 5.83. The van der Waals surface area contributed by atoms with Crippen molar-refractivity contribution in [1.82, 2.24) is 0 Å². The van der Waals surface area contributed by atoms with Crippen molar-refractivity contribution in [2.45, 2.75) is 13.3 Å². The van der Waals surface area contributed by atoms with Crippen LogP contribution in [0.1, 0.15) is 22.8 Å². The third-order valence-corrected chi connectivity index (χ3v) is 4.55. The SMILES string of the molecule is CCc1ccc(OCC(=O)Nc2ccc(NC(=O)c3ccccc3)c(Cl)c2)cc1. The fraction of sp³-hybridized carbons (Fsp3) is 0.130. The highest BCUT2D eigenvalue weighted by Crippen LogP contribution is 2.26. The number of ether oxygens (including phenoxy) is 1. The molecular formula is C23H21ClN2O3. The van der Waals surface area contributed by atoms with E-state index in [0.29, 0.717) is 27.7 Å². The molecule has 0 bridgehead atoms. The summed E-state index contributed by atoms with van der Waals surface area (Å²) in [7, 11) is 0. The number of benzene rings is 3. The van der Waals surface area contributed by atoms with Gasteiger partial charge in [-0.1, -0.05) is 48.9 Å². The van der Waals surface area contributed by atoms with Crippen molar-refractivity contribution in [2.75, 3.05) is 17.2 Å². The minimum absolute atomic E-state index is 0.115. The van der Waals surface area contributed by atoms with E-state index in [1.54, 1.807) is 42.5 Å². The molecule has 5 nitrogen and oxygen atoms in total. The predicted octanol–water partition coefficient (Wildman–Crippen LogP) is 5.17. The maximum Gasteiger partial charge on any atom is 0.262 e. The Balaban J connectivity index is 1.55. The van der Waals surface area contributed by atoms with Crippen LogP contribution in [0.15, 0.2) is 72.8 Å². The number of hydrogen-bond acceptors (Lipinski definition) is 3. The summed E-state index contributed by atoms with van der Waals surface area (Å²) in [6.45, 7) is 1.96. The van der Waals surface area contributed by atoms with Crippen LogP contribution in [0.3, 0.4) is 0 Å². The summed E-state index contributed by atoms with van der Waals surface area (Å²) < 4.78 is 5.49. The number of anilines is 2. The second kappa shape index (κ2) is 9.75. The molecule has 0 aliphatic heterocycles. The van der Waals surface area contributed by atoms with Crippen LogP contribution in [0.2, 0.25) is 5.02 Å². The second-order valence-electron chi connectivity index (χ2n) is 6.35. The highest BCUT2D eigenvalue weighted by molar-refractivity contribution is 6.34. The molecule has 3 aromatic carbocycles. The Morgan fingerprint density at radius 3 is 2.31 bits per heavy atom. The summed E-state index contributed by atoms with van der Waals surface area (Å²) >= 11 is 6.25. The lowest BCUT2D eigenvalue weighted by atomic mass is 10.2. The molecule has 3 aromatic rings. The first-order chi connectivity index (χ1) is 14.0. The standard InChI is InChI=1S/C23H21ClN2O3/c1-2-16-8-11-19(12-9-16)29-15-22(27)25-18-10-13-21(20(24)14-18)26-23(28)17-6-4-3-5-7-17/h3-14H,2,15H2,1H3,(H,25,27)(H,26,28). The van der Waals surface area contributed by atoms with Crippen molar-refractivity contribution in [3.05, 3.63) is 88.9 Å². The van der Waals surface area contributed by atoms with Gasteiger partial charge < -0.3 is 15.4 Å². The molecule has 0 aliphatic rings. The quantitative estimate of drug-likeness (QED) is 0.566. The van der Waals surface area contributed by atoms with Gasteiger partial charge in [-0.05, 0) is 54.4 Å². The molecule has 0 heterocycles. The van der Waals surface area contributed by atoms with E-state index in [0.717, 1.165) is 6.42 Å². The van der Waals surface area contributed by atoms with Gasteiger partial charge in [0.05, 0.1) is 10.7 Å². The van der Waals surface area contributed by atoms with Crippen LogP contribution >= 0.6 is 11.6 Å². The van der Waals surface area contributed by atoms with Crippen LogP contribution in [-0.2, 0) is 11.2 Å². The van der Waals surface area contributed by atoms with Crippen molar-refractivity contribution in [2.24, 2.45) is 0 Å². The van der Waals surface area contributed by atoms with Gasteiger partial charge in [0.2, 0.25) is 0 Å². The van der Waals surface area contributed by atoms with Crippen molar-refractivity contribution < 1.29 is 14.3 Å². The monoisotopic (exact) mass is 408 g/mol. The van der Waals surface area contributed by atoms with Gasteiger partial charge in [0, 0.05) is 11.3 Å². The van der Waals surface area contributed by atoms with Crippen molar-refractivity contribution in [3.63, 3.8) is 0 Å². The third-order valence-electron chi connectivity index (χ3n) is 4.24. The predicted molar refractivity (Wildman–Crippen MR) is 116 cm³/mol. The smallest absolute Gasteiger partial charge is 0.262 e. The molecule has 0 unspecified atom stereocenters. The van der Waals surface area contributed by atoms with Gasteiger partial charge in [0.25, 0.3) is 11.8 Å². The zero-order chi connectivity index (χ0) is 20.6. The molecule has 0 radical (unpaired) electrons. The molecule has 0 fully saturated rings. The first kappa shape index (κ1) is 20.4. The normalized spacial score (nSPS) is 10.3. The van der Waals surface area contributed by atoms with E-state index in [2.05, 4.69) is 17.6 Å². The van der Waals surface area contributed by atoms with Gasteiger partial charge in [-0.3, -0.25) is 9.59 Å². The fourth-order valence-electron chi connectivity index (χ4n) is 2.65. The number of rotatable bonds is 7. The van der Waals surface area contributed by atoms with E-state index in [1.807, 2.05) is 30.3 Å². The molecule has 2 amide bonds. The lowest BCUT2D eigenvalue weighted by Crippen LogP contribution is -2.20. The molecule has 3 rings (SSSR count). The number of hydrogen-bond donors (Lipinski definition) is 2. The molecule has 2 N–H and O–H groups in total. The Morgan fingerprint density at radius 1 is 0.931 bits per heavy atom. The molecule has 0 aliphatic carbocycles. The molecule has 6 heteroatoms. The van der Waals surface area contributed by atoms with Crippen LogP contribution in [0.25, 0.3) is 0 Å². The van der Waals surface area contributed by atoms with Crippen LogP contribution in [-0.4, -0.2) is 18.4 Å². The summed E-state index contributed by atoms with van der Waals surface area (Å²) in [4.78, 5) is 24.4. The number of halogens is 1. The minimum atomic E-state index is -0.304. The maximum atomic E-state index is 12.2. The molecule has 148 valence electrons. The van der Waals surface area contributed by atoms with Crippen molar-refractivity contribution in [1.29, 1.82) is 0 Å². The topological polar surface area (TPSA) is 67.4 Å². The Hall–Kier alpha value is -3.31. The Morgan fingerprint density at radius 2 is 1.66 bits per heavy atom. The summed E-state index contributed by atoms with van der Waals surface area (Å²) in [5, 5.41) is 5.80. The van der Waals surface area contributed by atoms with Gasteiger partial charge >= 0.3 is 0 Å². The zero-order valence-corrected chi connectivity index (χ0v) is 16.7. The fourth-order valence-corrected chi connectivity index (χ4v) is 2.87. The number of nitrogens with one attached hydrogen (secondary N) is 2. The van der Waals surface area contributed by atoms with Crippen molar-refractivity contribution >= 4 is 34.8 Å². The van der Waals surface area contributed by atoms with Crippen molar-refractivity contribution in [3.8, 4) is 5.75 Å². The van der Waals surface area contributed by atoms with Crippen LogP contribution < -0.4 is 15.4 Å². The van der Waals surface area contributed by atoms with Gasteiger partial charge in [0.1, 0.15) is 5.75 Å². The Kier molecular flexibility index (Phi) is 6.87. The summed E-state index contributed by atoms with van der Waals surface area (Å²) in [6, 6.07) is 21.3. The first-order valence-corrected chi connectivity index (χ1v) is 9.60. The molecule has 0 aromatic heterocycles. The van der Waals surface area contributed by atoms with Crippen LogP contribution in [0, 0.1) is 0 Å². The Bertz CT molecular complexity index is 989. The summed E-state index contributed by atoms with van der Waals surface area (Å²) in [6.07, 6.45) is 0.948. The minimum Gasteiger partial charge on any atom is -0.484 e. The van der Waals surface area contributed by atoms with E-state index in [4.69, 9.17) is 16.3 Å². The average Bonchev–Trinajstić information content (AvgIpc) is 2.75. The van der Waals surface area contributed by atoms with E-state index in [9.17, 15) is 9.59 Å². The highest BCUT2D eigenvalue weighted by Gasteiger charge is 2.10. The highest BCUT2D eigenvalue weighted by atomic mass is 35.5. The summed E-state index contributed by atoms with van der Waals surface area (Å²) in [5.74, 6) is 0.0721. The van der Waals surface area contributed by atoms with Gasteiger partial charge in [0.15, 0.2) is 6.61 Å². The molecule has 29 heavy (non-hydrogen) atoms. The molecule has 0 spiro atoms.